The molecule has 134 valence electrons. The third-order valence-corrected chi connectivity index (χ3v) is 4.87. The largest absolute Gasteiger partial charge is 0.392 e. The first kappa shape index (κ1) is 16.5. The number of aliphatic hydroxyl groups is 1. The van der Waals surface area contributed by atoms with Crippen molar-refractivity contribution in [2.45, 2.75) is 32.0 Å². The zero-order valence-corrected chi connectivity index (χ0v) is 14.2. The average Bonchev–Trinajstić information content (AvgIpc) is 3.15. The SMILES string of the molecule is Cn1cc(CO)c(-c2ccc3c(c2)CN(C2CCC(=O)NC2=O)C3=O)n1. The van der Waals surface area contributed by atoms with Crippen LogP contribution in [0.1, 0.15) is 34.3 Å². The van der Waals surface area contributed by atoms with Gasteiger partial charge in [-0.2, -0.15) is 5.10 Å². The van der Waals surface area contributed by atoms with Crippen LogP contribution in [0.5, 0.6) is 0 Å². The lowest BCUT2D eigenvalue weighted by molar-refractivity contribution is -0.136. The van der Waals surface area contributed by atoms with Gasteiger partial charge in [-0.25, -0.2) is 0 Å². The summed E-state index contributed by atoms with van der Waals surface area (Å²) >= 11 is 0. The topological polar surface area (TPSA) is 105 Å². The van der Waals surface area contributed by atoms with Crippen LogP contribution >= 0.6 is 0 Å². The molecule has 1 saturated heterocycles. The first-order valence-corrected chi connectivity index (χ1v) is 8.39. The van der Waals surface area contributed by atoms with Gasteiger partial charge in [0.2, 0.25) is 11.8 Å². The van der Waals surface area contributed by atoms with Crippen LogP contribution in [0.2, 0.25) is 0 Å². The minimum Gasteiger partial charge on any atom is -0.392 e. The van der Waals surface area contributed by atoms with Gasteiger partial charge < -0.3 is 10.0 Å². The first-order valence-electron chi connectivity index (χ1n) is 8.39. The third-order valence-electron chi connectivity index (χ3n) is 4.87. The van der Waals surface area contributed by atoms with Crippen molar-refractivity contribution < 1.29 is 19.5 Å². The van der Waals surface area contributed by atoms with Crippen LogP contribution in [-0.2, 0) is 29.8 Å². The Kier molecular flexibility index (Phi) is 3.84. The lowest BCUT2D eigenvalue weighted by Crippen LogP contribution is -2.52. The van der Waals surface area contributed by atoms with E-state index in [0.29, 0.717) is 29.8 Å². The molecule has 26 heavy (non-hydrogen) atoms. The molecule has 8 nitrogen and oxygen atoms in total. The molecular formula is C18H18N4O4. The van der Waals surface area contributed by atoms with Gasteiger partial charge in [0.25, 0.3) is 5.91 Å². The minimum absolute atomic E-state index is 0.123. The molecule has 0 radical (unpaired) electrons. The number of aliphatic hydroxyl groups excluding tert-OH is 1. The number of carbonyl (C=O) groups excluding carboxylic acids is 3. The fourth-order valence-electron chi connectivity index (χ4n) is 3.62. The normalized spacial score (nSPS) is 19.7. The highest BCUT2D eigenvalue weighted by molar-refractivity contribution is 6.05. The molecule has 0 saturated carbocycles. The van der Waals surface area contributed by atoms with E-state index in [0.717, 1.165) is 11.1 Å². The predicted molar refractivity (Wildman–Crippen MR) is 90.6 cm³/mol. The van der Waals surface area contributed by atoms with Gasteiger partial charge in [0, 0.05) is 42.9 Å². The Balaban J connectivity index is 1.65. The van der Waals surface area contributed by atoms with Crippen LogP contribution in [0.15, 0.2) is 24.4 Å². The summed E-state index contributed by atoms with van der Waals surface area (Å²) in [6.45, 7) is 0.192. The Morgan fingerprint density at radius 3 is 2.85 bits per heavy atom. The number of aromatic nitrogens is 2. The summed E-state index contributed by atoms with van der Waals surface area (Å²) in [6, 6.07) is 4.78. The van der Waals surface area contributed by atoms with Gasteiger partial charge >= 0.3 is 0 Å². The maximum atomic E-state index is 12.7. The summed E-state index contributed by atoms with van der Waals surface area (Å²) in [4.78, 5) is 37.6. The Bertz CT molecular complexity index is 933. The van der Waals surface area contributed by atoms with Crippen LogP contribution in [0.3, 0.4) is 0 Å². The van der Waals surface area contributed by atoms with Crippen molar-refractivity contribution in [1.82, 2.24) is 20.0 Å². The lowest BCUT2D eigenvalue weighted by atomic mass is 10.0. The van der Waals surface area contributed by atoms with Crippen molar-refractivity contribution in [3.8, 4) is 11.3 Å². The number of nitrogens with one attached hydrogen (secondary N) is 1. The Morgan fingerprint density at radius 1 is 1.31 bits per heavy atom. The van der Waals surface area contributed by atoms with Gasteiger partial charge in [0.05, 0.1) is 12.3 Å². The molecule has 0 bridgehead atoms. The van der Waals surface area contributed by atoms with E-state index in [1.165, 1.54) is 4.90 Å². The summed E-state index contributed by atoms with van der Waals surface area (Å²) in [7, 11) is 1.78. The van der Waals surface area contributed by atoms with Crippen molar-refractivity contribution in [3.63, 3.8) is 0 Å². The summed E-state index contributed by atoms with van der Waals surface area (Å²) < 4.78 is 1.63. The standard InChI is InChI=1S/C18H18N4O4/c1-21-7-12(9-23)16(20-21)10-2-3-13-11(6-10)8-22(18(13)26)14-4-5-15(24)19-17(14)25/h2-3,6-7,14,23H,4-5,8-9H2,1H3,(H,19,24,25). The maximum Gasteiger partial charge on any atom is 0.255 e. The fourth-order valence-corrected chi connectivity index (χ4v) is 3.62. The van der Waals surface area contributed by atoms with Crippen molar-refractivity contribution in [2.75, 3.05) is 0 Å². The van der Waals surface area contributed by atoms with Gasteiger partial charge in [0.1, 0.15) is 6.04 Å². The molecular weight excluding hydrogens is 336 g/mol. The summed E-state index contributed by atoms with van der Waals surface area (Å²) in [5.74, 6) is -0.927. The van der Waals surface area contributed by atoms with Gasteiger partial charge in [-0.3, -0.25) is 24.4 Å². The van der Waals surface area contributed by atoms with Crippen LogP contribution < -0.4 is 5.32 Å². The smallest absolute Gasteiger partial charge is 0.255 e. The number of imide groups is 1. The molecule has 8 heteroatoms. The Labute approximate surface area is 149 Å². The highest BCUT2D eigenvalue weighted by Crippen LogP contribution is 2.31. The number of amides is 3. The Hall–Kier alpha value is -3.00. The van der Waals surface area contributed by atoms with Gasteiger partial charge in [-0.05, 0) is 24.1 Å². The average molecular weight is 354 g/mol. The molecule has 2 aliphatic heterocycles. The molecule has 0 spiro atoms. The molecule has 1 unspecified atom stereocenters. The fraction of sp³-hybridized carbons (Fsp3) is 0.333. The number of benzene rings is 1. The number of hydrogen-bond donors (Lipinski definition) is 2. The quantitative estimate of drug-likeness (QED) is 0.774. The number of piperidine rings is 1. The molecule has 1 fully saturated rings. The van der Waals surface area contributed by atoms with E-state index in [1.807, 2.05) is 6.07 Å². The second kappa shape index (κ2) is 6.06. The highest BCUT2D eigenvalue weighted by Gasteiger charge is 2.39. The molecule has 1 aromatic carbocycles. The van der Waals surface area contributed by atoms with Crippen LogP contribution in [0.25, 0.3) is 11.3 Å². The van der Waals surface area contributed by atoms with Gasteiger partial charge in [-0.1, -0.05) is 6.07 Å². The van der Waals surface area contributed by atoms with Crippen molar-refractivity contribution in [2.24, 2.45) is 7.05 Å². The second-order valence-corrected chi connectivity index (χ2v) is 6.61. The van der Waals surface area contributed by atoms with Gasteiger partial charge in [-0.15, -0.1) is 0 Å². The Morgan fingerprint density at radius 2 is 2.12 bits per heavy atom. The van der Waals surface area contributed by atoms with Crippen molar-refractivity contribution in [1.29, 1.82) is 0 Å². The predicted octanol–water partition coefficient (Wildman–Crippen LogP) is 0.340. The summed E-state index contributed by atoms with van der Waals surface area (Å²) in [6.07, 6.45) is 2.32. The first-order chi connectivity index (χ1) is 12.5. The zero-order chi connectivity index (χ0) is 18.4. The van der Waals surface area contributed by atoms with E-state index < -0.39 is 11.9 Å². The molecule has 0 aliphatic carbocycles. The molecule has 1 aromatic heterocycles. The number of fused-ring (bicyclic) bond motifs is 1. The lowest BCUT2D eigenvalue weighted by Gasteiger charge is -2.29. The molecule has 3 heterocycles. The zero-order valence-electron chi connectivity index (χ0n) is 14.2. The molecule has 4 rings (SSSR count). The van der Waals surface area contributed by atoms with Crippen molar-refractivity contribution in [3.05, 3.63) is 41.1 Å². The van der Waals surface area contributed by atoms with Crippen molar-refractivity contribution >= 4 is 17.7 Å². The number of aryl methyl sites for hydroxylation is 1. The van der Waals surface area contributed by atoms with Gasteiger partial charge in [0.15, 0.2) is 0 Å². The molecule has 2 aromatic rings. The van der Waals surface area contributed by atoms with E-state index >= 15 is 0 Å². The van der Waals surface area contributed by atoms with E-state index in [1.54, 1.807) is 30.1 Å². The maximum absolute atomic E-state index is 12.7. The molecule has 1 atom stereocenters. The van der Waals surface area contributed by atoms with E-state index in [2.05, 4.69) is 10.4 Å². The number of carbonyl (C=O) groups is 3. The summed E-state index contributed by atoms with van der Waals surface area (Å²) in [5.41, 5.74) is 3.56. The molecule has 2 N–H and O–H groups in total. The molecule has 3 amide bonds. The number of rotatable bonds is 3. The van der Waals surface area contributed by atoms with E-state index in [-0.39, 0.29) is 24.8 Å². The van der Waals surface area contributed by atoms with Crippen LogP contribution in [-0.4, -0.2) is 43.6 Å². The minimum atomic E-state index is -0.626. The molecule has 2 aliphatic rings. The number of nitrogens with zero attached hydrogens (tertiary/aromatic N) is 3. The highest BCUT2D eigenvalue weighted by atomic mass is 16.3. The van der Waals surface area contributed by atoms with Crippen LogP contribution in [0.4, 0.5) is 0 Å². The van der Waals surface area contributed by atoms with E-state index in [9.17, 15) is 19.5 Å². The summed E-state index contributed by atoms with van der Waals surface area (Å²) in [5, 5.41) is 16.2. The number of hydrogen-bond acceptors (Lipinski definition) is 5. The second-order valence-electron chi connectivity index (χ2n) is 6.61. The van der Waals surface area contributed by atoms with Crippen LogP contribution in [0, 0.1) is 0 Å². The third kappa shape index (κ3) is 2.59. The van der Waals surface area contributed by atoms with E-state index in [4.69, 9.17) is 0 Å². The monoisotopic (exact) mass is 354 g/mol.